The molecule has 1 aromatic carbocycles. The minimum atomic E-state index is -1.16. The Morgan fingerprint density at radius 1 is 1.15 bits per heavy atom. The Hall–Kier alpha value is -3.39. The first-order valence-electron chi connectivity index (χ1n) is 13.9. The molecule has 0 unspecified atom stereocenters. The fourth-order valence-corrected chi connectivity index (χ4v) is 6.04. The van der Waals surface area contributed by atoms with Crippen LogP contribution in [0.25, 0.3) is 0 Å². The molecule has 39 heavy (non-hydrogen) atoms. The highest BCUT2D eigenvalue weighted by Crippen LogP contribution is 2.56. The maximum atomic E-state index is 14.1. The molecule has 208 valence electrons. The zero-order chi connectivity index (χ0) is 27.7. The summed E-state index contributed by atoms with van der Waals surface area (Å²) >= 11 is 0. The predicted octanol–water partition coefficient (Wildman–Crippen LogP) is 4.52. The maximum Gasteiger partial charge on any atom is 0.320 e. The Kier molecular flexibility index (Phi) is 7.67. The van der Waals surface area contributed by atoms with E-state index in [-0.39, 0.29) is 49.1 Å². The van der Waals surface area contributed by atoms with Gasteiger partial charge in [0.15, 0.2) is 0 Å². The van der Waals surface area contributed by atoms with E-state index in [1.54, 1.807) is 4.90 Å². The number of benzene rings is 1. The highest BCUT2D eigenvalue weighted by molar-refractivity contribution is 5.92. The molecule has 8 heteroatoms. The summed E-state index contributed by atoms with van der Waals surface area (Å²) in [6.07, 6.45) is 3.36. The van der Waals surface area contributed by atoms with Gasteiger partial charge in [-0.2, -0.15) is 0 Å². The van der Waals surface area contributed by atoms with Crippen LogP contribution in [0.1, 0.15) is 56.6 Å². The van der Waals surface area contributed by atoms with Crippen LogP contribution in [0.15, 0.2) is 58.7 Å². The number of hydrogen-bond donors (Lipinski definition) is 1. The number of methoxy groups -OCH3 is 1. The second-order valence-corrected chi connectivity index (χ2v) is 11.4. The fraction of sp³-hybridized carbons (Fsp3) is 0.516. The molecule has 1 saturated carbocycles. The number of piperidine rings is 1. The second-order valence-electron chi connectivity index (χ2n) is 11.4. The van der Waals surface area contributed by atoms with Gasteiger partial charge >= 0.3 is 5.97 Å². The van der Waals surface area contributed by atoms with Crippen molar-refractivity contribution in [2.75, 3.05) is 7.11 Å². The number of nitrogens with zero attached hydrogens (tertiary/aromatic N) is 1. The molecule has 1 saturated heterocycles. The molecule has 1 N–H and O–H groups in total. The number of carbonyl (C=O) groups is 3. The van der Waals surface area contributed by atoms with Gasteiger partial charge in [-0.1, -0.05) is 44.2 Å². The molecule has 1 aliphatic carbocycles. The van der Waals surface area contributed by atoms with Crippen LogP contribution < -0.4 is 5.32 Å². The van der Waals surface area contributed by atoms with E-state index >= 15 is 0 Å². The summed E-state index contributed by atoms with van der Waals surface area (Å²) in [7, 11) is 1.39. The zero-order valence-electron chi connectivity index (χ0n) is 23.1. The molecular formula is C31H38N2O6. The minimum absolute atomic E-state index is 0.0408. The number of rotatable bonds is 9. The van der Waals surface area contributed by atoms with Crippen LogP contribution >= 0.6 is 0 Å². The van der Waals surface area contributed by atoms with Gasteiger partial charge in [0, 0.05) is 18.0 Å². The van der Waals surface area contributed by atoms with Crippen molar-refractivity contribution < 1.29 is 28.3 Å². The van der Waals surface area contributed by atoms with E-state index in [0.29, 0.717) is 18.0 Å². The van der Waals surface area contributed by atoms with Crippen molar-refractivity contribution in [3.05, 3.63) is 71.3 Å². The third-order valence-corrected chi connectivity index (χ3v) is 8.17. The lowest BCUT2D eigenvalue weighted by Crippen LogP contribution is -2.61. The standard InChI is InChI=1S/C31H38N2O6/c1-19(2)25-15-26-31(30(36)37-4,28(39-25)22-11-12-22)16-23(14-27(34)32-17-24-13-10-20(3)38-24)29(35)33(26)18-21-8-6-5-7-9-21/h5-10,13,15,19,22-23,25,28H,11-12,14,16-18H2,1-4H3,(H,32,34)/t23-,25+,28+,31+/m0/s1. The molecule has 0 bridgehead atoms. The maximum absolute atomic E-state index is 14.1. The van der Waals surface area contributed by atoms with Crippen molar-refractivity contribution in [2.45, 2.75) is 71.8 Å². The van der Waals surface area contributed by atoms with Crippen molar-refractivity contribution in [3.63, 3.8) is 0 Å². The number of aryl methyl sites for hydroxylation is 1. The topological polar surface area (TPSA) is 98.1 Å². The lowest BCUT2D eigenvalue weighted by atomic mass is 9.64. The van der Waals surface area contributed by atoms with Crippen LogP contribution in [0, 0.1) is 30.1 Å². The van der Waals surface area contributed by atoms with Crippen molar-refractivity contribution in [2.24, 2.45) is 23.2 Å². The van der Waals surface area contributed by atoms with Crippen LogP contribution in [0.4, 0.5) is 0 Å². The molecule has 1 aromatic heterocycles. The highest BCUT2D eigenvalue weighted by Gasteiger charge is 2.63. The van der Waals surface area contributed by atoms with E-state index < -0.39 is 23.4 Å². The van der Waals surface area contributed by atoms with Gasteiger partial charge < -0.3 is 24.1 Å². The Morgan fingerprint density at radius 2 is 1.90 bits per heavy atom. The van der Waals surface area contributed by atoms with E-state index in [1.807, 2.05) is 55.5 Å². The summed E-state index contributed by atoms with van der Waals surface area (Å²) in [6, 6.07) is 13.4. The molecule has 5 rings (SSSR count). The van der Waals surface area contributed by atoms with E-state index in [4.69, 9.17) is 13.9 Å². The Labute approximate surface area is 229 Å². The van der Waals surface area contributed by atoms with Crippen LogP contribution in [0.5, 0.6) is 0 Å². The number of likely N-dealkylation sites (tertiary alicyclic amines) is 1. The largest absolute Gasteiger partial charge is 0.468 e. The normalized spacial score (nSPS) is 26.7. The minimum Gasteiger partial charge on any atom is -0.468 e. The molecule has 2 amide bonds. The predicted molar refractivity (Wildman–Crippen MR) is 144 cm³/mol. The first kappa shape index (κ1) is 27.2. The van der Waals surface area contributed by atoms with Gasteiger partial charge in [0.25, 0.3) is 0 Å². The number of carbonyl (C=O) groups excluding carboxylic acids is 3. The molecule has 0 radical (unpaired) electrons. The lowest BCUT2D eigenvalue weighted by Gasteiger charge is -2.53. The quantitative estimate of drug-likeness (QED) is 0.475. The molecule has 2 aromatic rings. The number of hydrogen-bond acceptors (Lipinski definition) is 6. The summed E-state index contributed by atoms with van der Waals surface area (Å²) in [5, 5.41) is 2.88. The summed E-state index contributed by atoms with van der Waals surface area (Å²) in [6.45, 7) is 6.54. The molecule has 8 nitrogen and oxygen atoms in total. The average Bonchev–Trinajstić information content (AvgIpc) is 3.69. The first-order chi connectivity index (χ1) is 18.7. The number of amides is 2. The number of nitrogens with one attached hydrogen (secondary N) is 1. The SMILES string of the molecule is COC(=O)[C@]12C[C@H](CC(=O)NCc3ccc(C)o3)C(=O)N(Cc3ccccc3)C1=C[C@H](C(C)C)O[C@@H]2C1CC1. The Balaban J connectivity index is 1.51. The van der Waals surface area contributed by atoms with Crippen LogP contribution in [-0.2, 0) is 36.9 Å². The van der Waals surface area contributed by atoms with Gasteiger partial charge in [-0.3, -0.25) is 14.4 Å². The van der Waals surface area contributed by atoms with Crippen LogP contribution in [0.2, 0.25) is 0 Å². The zero-order valence-corrected chi connectivity index (χ0v) is 23.1. The van der Waals surface area contributed by atoms with Gasteiger partial charge in [-0.25, -0.2) is 0 Å². The monoisotopic (exact) mass is 534 g/mol. The van der Waals surface area contributed by atoms with E-state index in [2.05, 4.69) is 19.2 Å². The van der Waals surface area contributed by atoms with Crippen LogP contribution in [0.3, 0.4) is 0 Å². The van der Waals surface area contributed by atoms with E-state index in [9.17, 15) is 14.4 Å². The van der Waals surface area contributed by atoms with Crippen molar-refractivity contribution in [3.8, 4) is 0 Å². The number of fused-ring (bicyclic) bond motifs is 1. The average molecular weight is 535 g/mol. The summed E-state index contributed by atoms with van der Waals surface area (Å²) in [5.41, 5.74) is 0.444. The molecule has 3 heterocycles. The number of ether oxygens (including phenoxy) is 2. The summed E-state index contributed by atoms with van der Waals surface area (Å²) < 4.78 is 17.6. The smallest absolute Gasteiger partial charge is 0.320 e. The summed E-state index contributed by atoms with van der Waals surface area (Å²) in [4.78, 5) is 42.7. The molecular weight excluding hydrogens is 496 g/mol. The van der Waals surface area contributed by atoms with E-state index in [0.717, 1.165) is 24.2 Å². The summed E-state index contributed by atoms with van der Waals surface area (Å²) in [5.74, 6) is 0.238. The van der Waals surface area contributed by atoms with Gasteiger partial charge in [0.2, 0.25) is 11.8 Å². The fourth-order valence-electron chi connectivity index (χ4n) is 6.04. The van der Waals surface area contributed by atoms with Gasteiger partial charge in [0.05, 0.1) is 32.4 Å². The molecule has 2 aliphatic heterocycles. The number of esters is 1. The highest BCUT2D eigenvalue weighted by atomic mass is 16.5. The van der Waals surface area contributed by atoms with Gasteiger partial charge in [-0.05, 0) is 61.8 Å². The van der Waals surface area contributed by atoms with E-state index in [1.165, 1.54) is 7.11 Å². The van der Waals surface area contributed by atoms with Crippen molar-refractivity contribution in [1.82, 2.24) is 10.2 Å². The first-order valence-corrected chi connectivity index (χ1v) is 13.9. The van der Waals surface area contributed by atoms with Crippen molar-refractivity contribution >= 4 is 17.8 Å². The van der Waals surface area contributed by atoms with Crippen LogP contribution in [-0.4, -0.2) is 42.0 Å². The molecule has 2 fully saturated rings. The third-order valence-electron chi connectivity index (χ3n) is 8.17. The molecule has 0 spiro atoms. The molecule has 4 atom stereocenters. The second kappa shape index (κ2) is 11.0. The number of furan rings is 1. The van der Waals surface area contributed by atoms with Crippen molar-refractivity contribution in [1.29, 1.82) is 0 Å². The third kappa shape index (κ3) is 5.39. The lowest BCUT2D eigenvalue weighted by molar-refractivity contribution is -0.182. The Morgan fingerprint density at radius 3 is 2.51 bits per heavy atom. The van der Waals surface area contributed by atoms with Gasteiger partial charge in [0.1, 0.15) is 16.9 Å². The molecule has 3 aliphatic rings. The van der Waals surface area contributed by atoms with Gasteiger partial charge in [-0.15, -0.1) is 0 Å². The Bertz CT molecular complexity index is 1250.